The molecule has 0 atom stereocenters. The molecule has 1 heterocycles. The Balaban J connectivity index is 2.55. The molecule has 1 amide bonds. The van der Waals surface area contributed by atoms with Crippen LogP contribution in [0.2, 0.25) is 0 Å². The highest BCUT2D eigenvalue weighted by molar-refractivity contribution is 5.91. The van der Waals surface area contributed by atoms with Crippen LogP contribution in [-0.2, 0) is 4.79 Å². The minimum Gasteiger partial charge on any atom is -0.325 e. The van der Waals surface area contributed by atoms with Crippen LogP contribution >= 0.6 is 0 Å². The van der Waals surface area contributed by atoms with E-state index in [0.717, 1.165) is 11.4 Å². The van der Waals surface area contributed by atoms with Gasteiger partial charge in [0.25, 0.3) is 0 Å². The lowest BCUT2D eigenvalue weighted by Crippen LogP contribution is -2.39. The Labute approximate surface area is 96.5 Å². The van der Waals surface area contributed by atoms with Crippen molar-refractivity contribution in [1.29, 1.82) is 0 Å². The maximum Gasteiger partial charge on any atom is 0.226 e. The predicted molar refractivity (Wildman–Crippen MR) is 65.4 cm³/mol. The number of aryl methyl sites for hydroxylation is 1. The van der Waals surface area contributed by atoms with Gasteiger partial charge in [-0.3, -0.25) is 9.78 Å². The fourth-order valence-electron chi connectivity index (χ4n) is 1.24. The second-order valence-electron chi connectivity index (χ2n) is 4.55. The zero-order chi connectivity index (χ0) is 12.2. The monoisotopic (exact) mass is 221 g/mol. The number of carbonyl (C=O) groups is 1. The summed E-state index contributed by atoms with van der Waals surface area (Å²) in [7, 11) is 1.85. The van der Waals surface area contributed by atoms with Gasteiger partial charge in [-0.05, 0) is 40.0 Å². The first-order chi connectivity index (χ1) is 7.43. The summed E-state index contributed by atoms with van der Waals surface area (Å²) in [6.45, 7) is 5.88. The van der Waals surface area contributed by atoms with Crippen molar-refractivity contribution < 1.29 is 4.79 Å². The Kier molecular flexibility index (Phi) is 4.01. The SMILES string of the molecule is CNC(C)(C)CC(=O)Nc1ccc(C)nc1. The number of hydrogen-bond donors (Lipinski definition) is 2. The van der Waals surface area contributed by atoms with Crippen molar-refractivity contribution in [2.24, 2.45) is 0 Å². The molecule has 4 nitrogen and oxygen atoms in total. The van der Waals surface area contributed by atoms with E-state index < -0.39 is 0 Å². The van der Waals surface area contributed by atoms with Crippen LogP contribution in [0.25, 0.3) is 0 Å². The Morgan fingerprint density at radius 2 is 2.12 bits per heavy atom. The molecule has 2 N–H and O–H groups in total. The quantitative estimate of drug-likeness (QED) is 0.814. The van der Waals surface area contributed by atoms with E-state index in [4.69, 9.17) is 0 Å². The number of nitrogens with zero attached hydrogens (tertiary/aromatic N) is 1. The van der Waals surface area contributed by atoms with Crippen LogP contribution in [0.5, 0.6) is 0 Å². The Hall–Kier alpha value is -1.42. The molecular weight excluding hydrogens is 202 g/mol. The highest BCUT2D eigenvalue weighted by atomic mass is 16.1. The third kappa shape index (κ3) is 3.98. The van der Waals surface area contributed by atoms with Crippen molar-refractivity contribution in [3.63, 3.8) is 0 Å². The topological polar surface area (TPSA) is 54.0 Å². The van der Waals surface area contributed by atoms with Gasteiger partial charge in [-0.1, -0.05) is 0 Å². The first-order valence-corrected chi connectivity index (χ1v) is 5.34. The minimum absolute atomic E-state index is 0.00926. The molecule has 0 fully saturated rings. The summed E-state index contributed by atoms with van der Waals surface area (Å²) in [6.07, 6.45) is 2.09. The molecule has 88 valence electrons. The minimum atomic E-state index is -0.192. The standard InChI is InChI=1S/C12H19N3O/c1-9-5-6-10(8-14-9)15-11(16)7-12(2,3)13-4/h5-6,8,13H,7H2,1-4H3,(H,15,16). The molecule has 0 aliphatic rings. The van der Waals surface area contributed by atoms with Crippen LogP contribution in [0.1, 0.15) is 26.0 Å². The van der Waals surface area contributed by atoms with E-state index in [9.17, 15) is 4.79 Å². The first-order valence-electron chi connectivity index (χ1n) is 5.34. The van der Waals surface area contributed by atoms with Gasteiger partial charge >= 0.3 is 0 Å². The van der Waals surface area contributed by atoms with Gasteiger partial charge in [-0.25, -0.2) is 0 Å². The van der Waals surface area contributed by atoms with E-state index >= 15 is 0 Å². The van der Waals surface area contributed by atoms with Crippen LogP contribution in [0.15, 0.2) is 18.3 Å². The third-order valence-corrected chi connectivity index (χ3v) is 2.47. The molecule has 1 rings (SSSR count). The predicted octanol–water partition coefficient (Wildman–Crippen LogP) is 1.72. The van der Waals surface area contributed by atoms with E-state index in [-0.39, 0.29) is 11.4 Å². The highest BCUT2D eigenvalue weighted by Crippen LogP contribution is 2.11. The Morgan fingerprint density at radius 3 is 2.62 bits per heavy atom. The van der Waals surface area contributed by atoms with Gasteiger partial charge in [0.05, 0.1) is 11.9 Å². The normalized spacial score (nSPS) is 11.2. The molecule has 1 aromatic heterocycles. The van der Waals surface area contributed by atoms with E-state index in [0.29, 0.717) is 6.42 Å². The van der Waals surface area contributed by atoms with Crippen LogP contribution in [0, 0.1) is 6.92 Å². The number of aromatic nitrogens is 1. The van der Waals surface area contributed by atoms with Gasteiger partial charge in [-0.15, -0.1) is 0 Å². The fourth-order valence-corrected chi connectivity index (χ4v) is 1.24. The van der Waals surface area contributed by atoms with Gasteiger partial charge < -0.3 is 10.6 Å². The first kappa shape index (κ1) is 12.6. The maximum atomic E-state index is 11.7. The summed E-state index contributed by atoms with van der Waals surface area (Å²) in [5, 5.41) is 5.91. The number of anilines is 1. The summed E-state index contributed by atoms with van der Waals surface area (Å²) < 4.78 is 0. The number of hydrogen-bond acceptors (Lipinski definition) is 3. The van der Waals surface area contributed by atoms with E-state index in [1.807, 2.05) is 40.0 Å². The summed E-state index contributed by atoms with van der Waals surface area (Å²) in [6, 6.07) is 3.73. The lowest BCUT2D eigenvalue weighted by molar-refractivity contribution is -0.117. The molecule has 0 bridgehead atoms. The van der Waals surface area contributed by atoms with Crippen molar-refractivity contribution in [2.75, 3.05) is 12.4 Å². The number of nitrogens with one attached hydrogen (secondary N) is 2. The number of pyridine rings is 1. The van der Waals surface area contributed by atoms with E-state index in [2.05, 4.69) is 15.6 Å². The van der Waals surface area contributed by atoms with Gasteiger partial charge in [0.1, 0.15) is 0 Å². The molecule has 1 aromatic rings. The number of amides is 1. The molecule has 0 aromatic carbocycles. The summed E-state index contributed by atoms with van der Waals surface area (Å²) in [4.78, 5) is 15.8. The molecular formula is C12H19N3O. The van der Waals surface area contributed by atoms with E-state index in [1.165, 1.54) is 0 Å². The van der Waals surface area contributed by atoms with Crippen LogP contribution in [0.4, 0.5) is 5.69 Å². The molecule has 4 heteroatoms. The van der Waals surface area contributed by atoms with Crippen molar-refractivity contribution >= 4 is 11.6 Å². The zero-order valence-electron chi connectivity index (χ0n) is 10.3. The third-order valence-electron chi connectivity index (χ3n) is 2.47. The Bertz CT molecular complexity index is 357. The largest absolute Gasteiger partial charge is 0.325 e. The van der Waals surface area contributed by atoms with Gasteiger partial charge in [-0.2, -0.15) is 0 Å². The average molecular weight is 221 g/mol. The van der Waals surface area contributed by atoms with Crippen molar-refractivity contribution in [1.82, 2.24) is 10.3 Å². The van der Waals surface area contributed by atoms with E-state index in [1.54, 1.807) is 6.20 Å². The second-order valence-corrected chi connectivity index (χ2v) is 4.55. The summed E-state index contributed by atoms with van der Waals surface area (Å²) >= 11 is 0. The van der Waals surface area contributed by atoms with Gasteiger partial charge in [0, 0.05) is 17.7 Å². The number of rotatable bonds is 4. The van der Waals surface area contributed by atoms with Crippen molar-refractivity contribution in [2.45, 2.75) is 32.7 Å². The molecule has 0 saturated carbocycles. The van der Waals surface area contributed by atoms with Gasteiger partial charge in [0.15, 0.2) is 0 Å². The lowest BCUT2D eigenvalue weighted by Gasteiger charge is -2.22. The summed E-state index contributed by atoms with van der Waals surface area (Å²) in [5.74, 6) is -0.00926. The van der Waals surface area contributed by atoms with Crippen LogP contribution in [0.3, 0.4) is 0 Å². The molecule has 0 saturated heterocycles. The lowest BCUT2D eigenvalue weighted by atomic mass is 10.0. The van der Waals surface area contributed by atoms with Crippen molar-refractivity contribution in [3.05, 3.63) is 24.0 Å². The maximum absolute atomic E-state index is 11.7. The van der Waals surface area contributed by atoms with Crippen molar-refractivity contribution in [3.8, 4) is 0 Å². The molecule has 0 aliphatic heterocycles. The fraction of sp³-hybridized carbons (Fsp3) is 0.500. The number of carbonyl (C=O) groups excluding carboxylic acids is 1. The molecule has 0 aliphatic carbocycles. The summed E-state index contributed by atoms with van der Waals surface area (Å²) in [5.41, 5.74) is 1.48. The van der Waals surface area contributed by atoms with Gasteiger partial charge in [0.2, 0.25) is 5.91 Å². The molecule has 0 spiro atoms. The molecule has 0 radical (unpaired) electrons. The van der Waals surface area contributed by atoms with Crippen LogP contribution in [-0.4, -0.2) is 23.5 Å². The molecule has 0 unspecified atom stereocenters. The second kappa shape index (κ2) is 5.07. The molecule has 16 heavy (non-hydrogen) atoms. The highest BCUT2D eigenvalue weighted by Gasteiger charge is 2.19. The zero-order valence-corrected chi connectivity index (χ0v) is 10.3. The smallest absolute Gasteiger partial charge is 0.226 e. The Morgan fingerprint density at radius 1 is 1.44 bits per heavy atom. The average Bonchev–Trinajstić information content (AvgIpc) is 2.21. The van der Waals surface area contributed by atoms with Crippen LogP contribution < -0.4 is 10.6 Å².